The van der Waals surface area contributed by atoms with Crippen LogP contribution in [-0.4, -0.2) is 25.5 Å². The van der Waals surface area contributed by atoms with Crippen LogP contribution in [-0.2, 0) is 13.0 Å². The standard InChI is InChI=1S/C21H25F3N4/c1-4-17(5-2)28-20(25-19(26-28)13-21(22,23)24)18-11-12-27(15(18)3)14-16-9-7-6-8-10-16/h6-12,17H,4-5,13-14H2,1-3H3. The van der Waals surface area contributed by atoms with Crippen LogP contribution in [0.3, 0.4) is 0 Å². The summed E-state index contributed by atoms with van der Waals surface area (Å²) >= 11 is 0. The maximum absolute atomic E-state index is 12.9. The average molecular weight is 390 g/mol. The SMILES string of the molecule is CCC(CC)n1nc(CC(F)(F)F)nc1-c1ccn(Cc2ccccc2)c1C. The molecule has 2 aromatic heterocycles. The fraction of sp³-hybridized carbons (Fsp3) is 0.429. The van der Waals surface area contributed by atoms with Crippen molar-refractivity contribution in [2.45, 2.75) is 58.8 Å². The van der Waals surface area contributed by atoms with Crippen molar-refractivity contribution < 1.29 is 13.2 Å². The van der Waals surface area contributed by atoms with E-state index in [1.165, 1.54) is 0 Å². The van der Waals surface area contributed by atoms with Gasteiger partial charge in [0.15, 0.2) is 11.6 Å². The summed E-state index contributed by atoms with van der Waals surface area (Å²) in [5, 5.41) is 4.22. The highest BCUT2D eigenvalue weighted by Gasteiger charge is 2.31. The van der Waals surface area contributed by atoms with E-state index in [-0.39, 0.29) is 11.9 Å². The Morgan fingerprint density at radius 3 is 2.32 bits per heavy atom. The molecule has 0 spiro atoms. The van der Waals surface area contributed by atoms with E-state index in [9.17, 15) is 13.2 Å². The quantitative estimate of drug-likeness (QED) is 0.529. The van der Waals surface area contributed by atoms with Gasteiger partial charge in [0, 0.05) is 24.0 Å². The molecular weight excluding hydrogens is 365 g/mol. The Kier molecular flexibility index (Phi) is 5.91. The highest BCUT2D eigenvalue weighted by atomic mass is 19.4. The van der Waals surface area contributed by atoms with Gasteiger partial charge in [-0.1, -0.05) is 44.2 Å². The summed E-state index contributed by atoms with van der Waals surface area (Å²) in [6.45, 7) is 6.68. The first-order chi connectivity index (χ1) is 13.3. The van der Waals surface area contributed by atoms with Gasteiger partial charge in [-0.05, 0) is 31.4 Å². The van der Waals surface area contributed by atoms with Crippen LogP contribution < -0.4 is 0 Å². The molecule has 1 aromatic carbocycles. The second kappa shape index (κ2) is 8.20. The Balaban J connectivity index is 2.00. The van der Waals surface area contributed by atoms with Gasteiger partial charge in [0.2, 0.25) is 0 Å². The normalized spacial score (nSPS) is 12.1. The van der Waals surface area contributed by atoms with Gasteiger partial charge in [0.25, 0.3) is 0 Å². The molecule has 0 N–H and O–H groups in total. The molecule has 4 nitrogen and oxygen atoms in total. The summed E-state index contributed by atoms with van der Waals surface area (Å²) in [6, 6.07) is 12.0. The summed E-state index contributed by atoms with van der Waals surface area (Å²) in [4.78, 5) is 4.28. The zero-order valence-electron chi connectivity index (χ0n) is 16.4. The van der Waals surface area contributed by atoms with Crippen molar-refractivity contribution in [2.75, 3.05) is 0 Å². The first kappa shape index (κ1) is 20.2. The van der Waals surface area contributed by atoms with Crippen LogP contribution in [0.15, 0.2) is 42.6 Å². The fourth-order valence-electron chi connectivity index (χ4n) is 3.43. The molecule has 0 fully saturated rings. The smallest absolute Gasteiger partial charge is 0.347 e. The van der Waals surface area contributed by atoms with Crippen molar-refractivity contribution in [2.24, 2.45) is 0 Å². The minimum absolute atomic E-state index is 0.0151. The molecule has 7 heteroatoms. The Morgan fingerprint density at radius 2 is 1.71 bits per heavy atom. The maximum Gasteiger partial charge on any atom is 0.396 e. The molecule has 0 radical (unpaired) electrons. The third-order valence-electron chi connectivity index (χ3n) is 5.00. The molecule has 3 aromatic rings. The number of alkyl halides is 3. The van der Waals surface area contributed by atoms with E-state index in [2.05, 4.69) is 14.6 Å². The molecule has 0 aliphatic carbocycles. The molecule has 150 valence electrons. The Morgan fingerprint density at radius 1 is 1.04 bits per heavy atom. The van der Waals surface area contributed by atoms with Gasteiger partial charge in [-0.2, -0.15) is 18.3 Å². The van der Waals surface area contributed by atoms with Crippen molar-refractivity contribution in [3.63, 3.8) is 0 Å². The zero-order chi connectivity index (χ0) is 20.3. The van der Waals surface area contributed by atoms with Gasteiger partial charge in [0.1, 0.15) is 6.42 Å². The van der Waals surface area contributed by atoms with E-state index in [1.54, 1.807) is 4.68 Å². The summed E-state index contributed by atoms with van der Waals surface area (Å²) in [7, 11) is 0. The number of nitrogens with zero attached hydrogens (tertiary/aromatic N) is 4. The van der Waals surface area contributed by atoms with Gasteiger partial charge in [-0.3, -0.25) is 0 Å². The second-order valence-corrected chi connectivity index (χ2v) is 6.99. The van der Waals surface area contributed by atoms with Gasteiger partial charge >= 0.3 is 6.18 Å². The van der Waals surface area contributed by atoms with Crippen molar-refractivity contribution in [3.05, 3.63) is 59.7 Å². The predicted octanol–water partition coefficient (Wildman–Crippen LogP) is 5.57. The van der Waals surface area contributed by atoms with Crippen molar-refractivity contribution in [3.8, 4) is 11.4 Å². The summed E-state index contributed by atoms with van der Waals surface area (Å²) in [5.74, 6) is 0.335. The Labute approximate surface area is 163 Å². The third kappa shape index (κ3) is 4.46. The first-order valence-electron chi connectivity index (χ1n) is 9.54. The van der Waals surface area contributed by atoms with Crippen molar-refractivity contribution >= 4 is 0 Å². The number of halogens is 3. The molecular formula is C21H25F3N4. The van der Waals surface area contributed by atoms with Crippen LogP contribution in [0.4, 0.5) is 13.2 Å². The summed E-state index contributed by atoms with van der Waals surface area (Å²) in [5.41, 5.74) is 2.94. The lowest BCUT2D eigenvalue weighted by Gasteiger charge is -2.15. The third-order valence-corrected chi connectivity index (χ3v) is 5.00. The van der Waals surface area contributed by atoms with Gasteiger partial charge < -0.3 is 4.57 Å². The number of aromatic nitrogens is 4. The van der Waals surface area contributed by atoms with E-state index in [1.807, 2.05) is 63.4 Å². The Hall–Kier alpha value is -2.57. The number of hydrogen-bond donors (Lipinski definition) is 0. The number of hydrogen-bond acceptors (Lipinski definition) is 2. The molecule has 0 atom stereocenters. The molecule has 0 unspecified atom stereocenters. The van der Waals surface area contributed by atoms with Gasteiger partial charge in [-0.25, -0.2) is 9.67 Å². The molecule has 0 aliphatic rings. The van der Waals surface area contributed by atoms with E-state index in [4.69, 9.17) is 0 Å². The van der Waals surface area contributed by atoms with Crippen LogP contribution in [0, 0.1) is 6.92 Å². The number of benzene rings is 1. The second-order valence-electron chi connectivity index (χ2n) is 6.99. The number of rotatable bonds is 7. The van der Waals surface area contributed by atoms with E-state index in [0.29, 0.717) is 12.4 Å². The van der Waals surface area contributed by atoms with Crippen LogP contribution in [0.25, 0.3) is 11.4 Å². The van der Waals surface area contributed by atoms with Crippen LogP contribution in [0.1, 0.15) is 49.8 Å². The lowest BCUT2D eigenvalue weighted by molar-refractivity contribution is -0.128. The minimum Gasteiger partial charge on any atom is -0.347 e. The maximum atomic E-state index is 12.9. The fourth-order valence-corrected chi connectivity index (χ4v) is 3.43. The largest absolute Gasteiger partial charge is 0.396 e. The van der Waals surface area contributed by atoms with Gasteiger partial charge in [-0.15, -0.1) is 0 Å². The zero-order valence-corrected chi connectivity index (χ0v) is 16.4. The molecule has 3 rings (SSSR count). The van der Waals surface area contributed by atoms with Crippen LogP contribution in [0.5, 0.6) is 0 Å². The molecule has 0 saturated heterocycles. The van der Waals surface area contributed by atoms with Crippen LogP contribution in [0.2, 0.25) is 0 Å². The summed E-state index contributed by atoms with van der Waals surface area (Å²) in [6.07, 6.45) is -1.93. The monoisotopic (exact) mass is 390 g/mol. The first-order valence-corrected chi connectivity index (χ1v) is 9.54. The lowest BCUT2D eigenvalue weighted by atomic mass is 10.1. The predicted molar refractivity (Wildman–Crippen MR) is 103 cm³/mol. The van der Waals surface area contributed by atoms with Gasteiger partial charge in [0.05, 0.1) is 6.04 Å². The molecule has 0 amide bonds. The highest BCUT2D eigenvalue weighted by molar-refractivity contribution is 5.59. The molecule has 0 saturated carbocycles. The Bertz CT molecular complexity index is 906. The van der Waals surface area contributed by atoms with E-state index >= 15 is 0 Å². The molecule has 0 bridgehead atoms. The van der Waals surface area contributed by atoms with Crippen molar-refractivity contribution in [1.29, 1.82) is 0 Å². The van der Waals surface area contributed by atoms with E-state index < -0.39 is 12.6 Å². The average Bonchev–Trinajstić information content (AvgIpc) is 3.20. The molecule has 28 heavy (non-hydrogen) atoms. The molecule has 2 heterocycles. The highest BCUT2D eigenvalue weighted by Crippen LogP contribution is 2.29. The summed E-state index contributed by atoms with van der Waals surface area (Å²) < 4.78 is 42.4. The minimum atomic E-state index is -4.33. The van der Waals surface area contributed by atoms with Crippen molar-refractivity contribution in [1.82, 2.24) is 19.3 Å². The topological polar surface area (TPSA) is 35.6 Å². The lowest BCUT2D eigenvalue weighted by Crippen LogP contribution is -2.14. The van der Waals surface area contributed by atoms with E-state index in [0.717, 1.165) is 29.7 Å². The molecule has 0 aliphatic heterocycles. The van der Waals surface area contributed by atoms with Crippen LogP contribution >= 0.6 is 0 Å².